The first-order chi connectivity index (χ1) is 9.24. The van der Waals surface area contributed by atoms with Crippen molar-refractivity contribution in [3.05, 3.63) is 58.9 Å². The van der Waals surface area contributed by atoms with Gasteiger partial charge in [0.1, 0.15) is 5.82 Å². The maximum absolute atomic E-state index is 13.1. The molecule has 5 heteroatoms. The van der Waals surface area contributed by atoms with Gasteiger partial charge in [0.25, 0.3) is 0 Å². The molecule has 0 aliphatic heterocycles. The zero-order valence-electron chi connectivity index (χ0n) is 10.1. The van der Waals surface area contributed by atoms with E-state index in [1.54, 1.807) is 24.5 Å². The molecule has 0 saturated heterocycles. The van der Waals surface area contributed by atoms with E-state index in [4.69, 9.17) is 12.2 Å². The number of benzene rings is 1. The molecule has 19 heavy (non-hydrogen) atoms. The quantitative estimate of drug-likeness (QED) is 0.741. The minimum Gasteiger partial charge on any atom is -0.329 e. The minimum atomic E-state index is -0.204. The maximum atomic E-state index is 13.1. The first-order valence-corrected chi connectivity index (χ1v) is 6.42. The molecule has 0 fully saturated rings. The number of halogens is 1. The SMILES string of the molecule is Fc1cccc(CCn2c(=S)[nH]c3cnccc32)c1. The van der Waals surface area contributed by atoms with Gasteiger partial charge in [0.05, 0.1) is 17.2 Å². The number of nitrogens with one attached hydrogen (secondary N) is 1. The second-order valence-corrected chi connectivity index (χ2v) is 4.74. The van der Waals surface area contributed by atoms with E-state index in [0.717, 1.165) is 23.0 Å². The Morgan fingerprint density at radius 3 is 3.05 bits per heavy atom. The molecule has 0 radical (unpaired) electrons. The molecule has 2 aromatic heterocycles. The highest BCUT2D eigenvalue weighted by molar-refractivity contribution is 7.71. The lowest BCUT2D eigenvalue weighted by Crippen LogP contribution is -2.01. The topological polar surface area (TPSA) is 33.6 Å². The Balaban J connectivity index is 1.90. The summed E-state index contributed by atoms with van der Waals surface area (Å²) in [7, 11) is 0. The highest BCUT2D eigenvalue weighted by Crippen LogP contribution is 2.13. The van der Waals surface area contributed by atoms with E-state index in [1.807, 2.05) is 16.7 Å². The summed E-state index contributed by atoms with van der Waals surface area (Å²) < 4.78 is 15.8. The molecule has 3 rings (SSSR count). The number of aromatic amines is 1. The molecule has 0 spiro atoms. The van der Waals surface area contributed by atoms with Crippen LogP contribution >= 0.6 is 12.2 Å². The van der Waals surface area contributed by atoms with E-state index in [2.05, 4.69) is 9.97 Å². The third-order valence-electron chi connectivity index (χ3n) is 3.09. The molecule has 96 valence electrons. The molecule has 2 heterocycles. The van der Waals surface area contributed by atoms with Crippen molar-refractivity contribution in [3.8, 4) is 0 Å². The number of hydrogen-bond donors (Lipinski definition) is 1. The van der Waals surface area contributed by atoms with Crippen LogP contribution in [-0.4, -0.2) is 14.5 Å². The standard InChI is InChI=1S/C14H12FN3S/c15-11-3-1-2-10(8-11)5-7-18-13-4-6-16-9-12(13)17-14(18)19/h1-4,6,8-9H,5,7H2,(H,17,19). The molecule has 0 aliphatic carbocycles. The van der Waals surface area contributed by atoms with Crippen LogP contribution in [0.5, 0.6) is 0 Å². The average Bonchev–Trinajstić information content (AvgIpc) is 2.72. The molecule has 0 atom stereocenters. The first kappa shape index (κ1) is 12.0. The second-order valence-electron chi connectivity index (χ2n) is 4.35. The highest BCUT2D eigenvalue weighted by atomic mass is 32.1. The Morgan fingerprint density at radius 2 is 2.21 bits per heavy atom. The number of pyridine rings is 1. The number of H-pyrrole nitrogens is 1. The smallest absolute Gasteiger partial charge is 0.178 e. The van der Waals surface area contributed by atoms with Crippen molar-refractivity contribution in [2.45, 2.75) is 13.0 Å². The Labute approximate surface area is 114 Å². The first-order valence-electron chi connectivity index (χ1n) is 6.01. The molecule has 3 aromatic rings. The van der Waals surface area contributed by atoms with Crippen LogP contribution in [0.1, 0.15) is 5.56 Å². The lowest BCUT2D eigenvalue weighted by molar-refractivity contribution is 0.622. The van der Waals surface area contributed by atoms with Crippen molar-refractivity contribution in [1.82, 2.24) is 14.5 Å². The van der Waals surface area contributed by atoms with Gasteiger partial charge in [0.2, 0.25) is 0 Å². The van der Waals surface area contributed by atoms with Gasteiger partial charge in [-0.25, -0.2) is 4.39 Å². The lowest BCUT2D eigenvalue weighted by atomic mass is 10.1. The number of aromatic nitrogens is 3. The van der Waals surface area contributed by atoms with Gasteiger partial charge in [-0.15, -0.1) is 0 Å². The normalized spacial score (nSPS) is 11.0. The maximum Gasteiger partial charge on any atom is 0.178 e. The average molecular weight is 273 g/mol. The lowest BCUT2D eigenvalue weighted by Gasteiger charge is -2.04. The van der Waals surface area contributed by atoms with Crippen LogP contribution in [0.3, 0.4) is 0 Å². The van der Waals surface area contributed by atoms with Gasteiger partial charge >= 0.3 is 0 Å². The van der Waals surface area contributed by atoms with Crippen molar-refractivity contribution in [2.75, 3.05) is 0 Å². The summed E-state index contributed by atoms with van der Waals surface area (Å²) in [6.07, 6.45) is 4.23. The molecule has 0 unspecified atom stereocenters. The van der Waals surface area contributed by atoms with Gasteiger partial charge < -0.3 is 9.55 Å². The number of hydrogen-bond acceptors (Lipinski definition) is 2. The predicted octanol–water partition coefficient (Wildman–Crippen LogP) is 3.48. The molecular weight excluding hydrogens is 261 g/mol. The number of imidazole rings is 1. The molecule has 1 aromatic carbocycles. The number of fused-ring (bicyclic) bond motifs is 1. The highest BCUT2D eigenvalue weighted by Gasteiger charge is 2.04. The summed E-state index contributed by atoms with van der Waals surface area (Å²) in [5, 5.41) is 0. The second kappa shape index (κ2) is 4.93. The van der Waals surface area contributed by atoms with E-state index < -0.39 is 0 Å². The Morgan fingerprint density at radius 1 is 1.32 bits per heavy atom. The van der Waals surface area contributed by atoms with Crippen LogP contribution in [0.15, 0.2) is 42.7 Å². The van der Waals surface area contributed by atoms with Gasteiger partial charge in [-0.05, 0) is 42.4 Å². The molecular formula is C14H12FN3S. The van der Waals surface area contributed by atoms with Crippen molar-refractivity contribution in [3.63, 3.8) is 0 Å². The predicted molar refractivity (Wildman–Crippen MR) is 75.0 cm³/mol. The van der Waals surface area contributed by atoms with Crippen molar-refractivity contribution in [2.24, 2.45) is 0 Å². The van der Waals surface area contributed by atoms with Crippen LogP contribution in [0.25, 0.3) is 11.0 Å². The van der Waals surface area contributed by atoms with Crippen molar-refractivity contribution >= 4 is 23.3 Å². The number of aryl methyl sites for hydroxylation is 2. The van der Waals surface area contributed by atoms with Crippen molar-refractivity contribution < 1.29 is 4.39 Å². The Kier molecular flexibility index (Phi) is 3.13. The van der Waals surface area contributed by atoms with Gasteiger partial charge in [-0.3, -0.25) is 4.98 Å². The van der Waals surface area contributed by atoms with E-state index in [1.165, 1.54) is 6.07 Å². The fraction of sp³-hybridized carbons (Fsp3) is 0.143. The van der Waals surface area contributed by atoms with Crippen molar-refractivity contribution in [1.29, 1.82) is 0 Å². The zero-order chi connectivity index (χ0) is 13.2. The van der Waals surface area contributed by atoms with E-state index >= 15 is 0 Å². The van der Waals surface area contributed by atoms with E-state index in [9.17, 15) is 4.39 Å². The van der Waals surface area contributed by atoms with E-state index in [0.29, 0.717) is 11.3 Å². The summed E-state index contributed by atoms with van der Waals surface area (Å²) in [6.45, 7) is 0.715. The Hall–Kier alpha value is -2.01. The molecule has 0 amide bonds. The van der Waals surface area contributed by atoms with Crippen LogP contribution in [0.4, 0.5) is 4.39 Å². The monoisotopic (exact) mass is 273 g/mol. The molecule has 0 saturated carbocycles. The number of rotatable bonds is 3. The molecule has 3 nitrogen and oxygen atoms in total. The Bertz CT molecular complexity index is 775. The van der Waals surface area contributed by atoms with E-state index in [-0.39, 0.29) is 5.82 Å². The fourth-order valence-corrected chi connectivity index (χ4v) is 2.47. The summed E-state index contributed by atoms with van der Waals surface area (Å²) in [6, 6.07) is 8.58. The molecule has 0 aliphatic rings. The fourth-order valence-electron chi connectivity index (χ4n) is 2.17. The van der Waals surface area contributed by atoms with Crippen LogP contribution < -0.4 is 0 Å². The largest absolute Gasteiger partial charge is 0.329 e. The minimum absolute atomic E-state index is 0.204. The van der Waals surface area contributed by atoms with Gasteiger partial charge in [0.15, 0.2) is 4.77 Å². The number of nitrogens with zero attached hydrogens (tertiary/aromatic N) is 2. The van der Waals surface area contributed by atoms with Crippen LogP contribution in [-0.2, 0) is 13.0 Å². The summed E-state index contributed by atoms with van der Waals surface area (Å²) >= 11 is 5.30. The van der Waals surface area contributed by atoms with Gasteiger partial charge in [0, 0.05) is 12.7 Å². The molecule has 1 N–H and O–H groups in total. The zero-order valence-corrected chi connectivity index (χ0v) is 11.0. The van der Waals surface area contributed by atoms with Gasteiger partial charge in [-0.2, -0.15) is 0 Å². The van der Waals surface area contributed by atoms with Crippen LogP contribution in [0, 0.1) is 10.6 Å². The van der Waals surface area contributed by atoms with Gasteiger partial charge in [-0.1, -0.05) is 12.1 Å². The summed E-state index contributed by atoms with van der Waals surface area (Å²) in [5.74, 6) is -0.204. The van der Waals surface area contributed by atoms with Crippen LogP contribution in [0.2, 0.25) is 0 Å². The summed E-state index contributed by atoms with van der Waals surface area (Å²) in [4.78, 5) is 7.17. The summed E-state index contributed by atoms with van der Waals surface area (Å²) in [5.41, 5.74) is 2.91. The molecule has 0 bridgehead atoms. The third kappa shape index (κ3) is 2.42. The third-order valence-corrected chi connectivity index (χ3v) is 3.41.